The number of carbonyl (C=O) groups is 3. The van der Waals surface area contributed by atoms with E-state index in [1.165, 1.54) is 11.9 Å². The highest BCUT2D eigenvalue weighted by Crippen LogP contribution is 2.45. The van der Waals surface area contributed by atoms with E-state index >= 15 is 0 Å². The smallest absolute Gasteiger partial charge is 0.254 e. The molecular weight excluding hydrogens is 463 g/mol. The molecule has 2 aromatic carbocycles. The van der Waals surface area contributed by atoms with Crippen LogP contribution in [0.2, 0.25) is 10.0 Å². The minimum atomic E-state index is -1.00. The van der Waals surface area contributed by atoms with Gasteiger partial charge in [-0.2, -0.15) is 0 Å². The number of nitrogens with zero attached hydrogens (tertiary/aromatic N) is 3. The summed E-state index contributed by atoms with van der Waals surface area (Å²) in [6.07, 6.45) is 3.85. The van der Waals surface area contributed by atoms with Gasteiger partial charge in [0.15, 0.2) is 0 Å². The molecule has 1 N–H and O–H groups in total. The maximum atomic E-state index is 14.1. The predicted octanol–water partition coefficient (Wildman–Crippen LogP) is 3.42. The number of anilines is 1. The van der Waals surface area contributed by atoms with Gasteiger partial charge in [0.05, 0.1) is 23.8 Å². The zero-order valence-corrected chi connectivity index (χ0v) is 19.3. The Morgan fingerprint density at radius 3 is 2.67 bits per heavy atom. The first-order chi connectivity index (χ1) is 15.8. The van der Waals surface area contributed by atoms with E-state index in [4.69, 9.17) is 23.2 Å². The molecule has 33 heavy (non-hydrogen) atoms. The summed E-state index contributed by atoms with van der Waals surface area (Å²) in [7, 11) is 1.52. The van der Waals surface area contributed by atoms with Crippen molar-refractivity contribution in [1.82, 2.24) is 15.2 Å². The lowest BCUT2D eigenvalue weighted by molar-refractivity contribution is -0.125. The average molecular weight is 483 g/mol. The van der Waals surface area contributed by atoms with Crippen molar-refractivity contribution in [1.29, 1.82) is 0 Å². The molecule has 0 aliphatic carbocycles. The minimum absolute atomic E-state index is 0.103. The fourth-order valence-corrected chi connectivity index (χ4v) is 5.23. The summed E-state index contributed by atoms with van der Waals surface area (Å²) in [4.78, 5) is 46.8. The maximum absolute atomic E-state index is 14.1. The van der Waals surface area contributed by atoms with Gasteiger partial charge in [-0.3, -0.25) is 19.4 Å². The van der Waals surface area contributed by atoms with Crippen LogP contribution < -0.4 is 10.2 Å². The molecule has 2 aliphatic rings. The summed E-state index contributed by atoms with van der Waals surface area (Å²) in [5.41, 5.74) is 0.686. The standard InChI is InChI=1S/C24H20Cl2N4O3/c1-27-21(31)12-29-13-24(19-9-16(26)3-5-18(19)22(29)32)6-7-30(23(24)33)20-11-28-10-14-8-15(25)2-4-17(14)20/h2-5,8-11H,6-7,12-13H2,1H3,(H,27,31). The molecule has 1 unspecified atom stereocenters. The van der Waals surface area contributed by atoms with E-state index in [0.717, 1.165) is 10.8 Å². The Hall–Kier alpha value is -3.16. The second kappa shape index (κ2) is 8.01. The molecule has 2 aliphatic heterocycles. The third kappa shape index (κ3) is 3.43. The van der Waals surface area contributed by atoms with Crippen LogP contribution in [0.3, 0.4) is 0 Å². The fourth-order valence-electron chi connectivity index (χ4n) is 4.87. The molecule has 1 spiro atoms. The molecule has 1 fully saturated rings. The van der Waals surface area contributed by atoms with E-state index in [9.17, 15) is 14.4 Å². The summed E-state index contributed by atoms with van der Waals surface area (Å²) in [6, 6.07) is 10.4. The van der Waals surface area contributed by atoms with Gasteiger partial charge in [-0.1, -0.05) is 29.3 Å². The van der Waals surface area contributed by atoms with Crippen molar-refractivity contribution in [2.24, 2.45) is 0 Å². The molecule has 1 aromatic heterocycles. The predicted molar refractivity (Wildman–Crippen MR) is 127 cm³/mol. The first-order valence-electron chi connectivity index (χ1n) is 10.5. The van der Waals surface area contributed by atoms with Gasteiger partial charge in [0, 0.05) is 52.7 Å². The van der Waals surface area contributed by atoms with Crippen LogP contribution >= 0.6 is 23.2 Å². The van der Waals surface area contributed by atoms with Crippen molar-refractivity contribution < 1.29 is 14.4 Å². The molecule has 5 rings (SSSR count). The molecule has 0 bridgehead atoms. The van der Waals surface area contributed by atoms with Gasteiger partial charge in [0.2, 0.25) is 11.8 Å². The number of fused-ring (bicyclic) bond motifs is 3. The van der Waals surface area contributed by atoms with Crippen molar-refractivity contribution in [2.75, 3.05) is 31.6 Å². The second-order valence-corrected chi connectivity index (χ2v) is 9.21. The van der Waals surface area contributed by atoms with E-state index in [1.807, 2.05) is 12.1 Å². The van der Waals surface area contributed by atoms with Gasteiger partial charge in [-0.15, -0.1) is 0 Å². The molecular formula is C24H20Cl2N4O3. The molecule has 1 atom stereocenters. The number of hydrogen-bond acceptors (Lipinski definition) is 4. The zero-order valence-electron chi connectivity index (χ0n) is 17.8. The summed E-state index contributed by atoms with van der Waals surface area (Å²) < 4.78 is 0. The second-order valence-electron chi connectivity index (χ2n) is 8.34. The van der Waals surface area contributed by atoms with Gasteiger partial charge in [-0.05, 0) is 42.3 Å². The quantitative estimate of drug-likeness (QED) is 0.619. The summed E-state index contributed by atoms with van der Waals surface area (Å²) in [5, 5.41) is 5.28. The lowest BCUT2D eigenvalue weighted by atomic mass is 9.73. The summed E-state index contributed by atoms with van der Waals surface area (Å²) >= 11 is 12.4. The van der Waals surface area contributed by atoms with Crippen LogP contribution in [0, 0.1) is 0 Å². The van der Waals surface area contributed by atoms with Gasteiger partial charge >= 0.3 is 0 Å². The summed E-state index contributed by atoms with van der Waals surface area (Å²) in [5.74, 6) is -0.735. The lowest BCUT2D eigenvalue weighted by Gasteiger charge is -2.40. The highest BCUT2D eigenvalue weighted by molar-refractivity contribution is 6.31. The van der Waals surface area contributed by atoms with Crippen molar-refractivity contribution in [3.63, 3.8) is 0 Å². The molecule has 168 valence electrons. The molecule has 3 heterocycles. The van der Waals surface area contributed by atoms with Crippen LogP contribution in [0.25, 0.3) is 10.8 Å². The molecule has 0 radical (unpaired) electrons. The van der Waals surface area contributed by atoms with Crippen LogP contribution in [-0.4, -0.2) is 54.3 Å². The third-order valence-corrected chi connectivity index (χ3v) is 6.97. The molecule has 1 saturated heterocycles. The molecule has 7 nitrogen and oxygen atoms in total. The monoisotopic (exact) mass is 482 g/mol. The topological polar surface area (TPSA) is 82.6 Å². The maximum Gasteiger partial charge on any atom is 0.254 e. The van der Waals surface area contributed by atoms with E-state index < -0.39 is 5.41 Å². The third-order valence-electron chi connectivity index (χ3n) is 6.50. The lowest BCUT2D eigenvalue weighted by Crippen LogP contribution is -2.55. The number of rotatable bonds is 3. The van der Waals surface area contributed by atoms with Gasteiger partial charge in [0.25, 0.3) is 5.91 Å². The normalized spacial score (nSPS) is 20.0. The Morgan fingerprint density at radius 1 is 1.12 bits per heavy atom. The number of hydrogen-bond donors (Lipinski definition) is 1. The van der Waals surface area contributed by atoms with Gasteiger partial charge in [0.1, 0.15) is 0 Å². The van der Waals surface area contributed by atoms with Crippen LogP contribution in [0.4, 0.5) is 5.69 Å². The van der Waals surface area contributed by atoms with Gasteiger partial charge < -0.3 is 15.1 Å². The number of aromatic nitrogens is 1. The van der Waals surface area contributed by atoms with E-state index in [0.29, 0.717) is 39.8 Å². The van der Waals surface area contributed by atoms with Crippen LogP contribution in [0.15, 0.2) is 48.8 Å². The van der Waals surface area contributed by atoms with E-state index in [-0.39, 0.29) is 30.8 Å². The van der Waals surface area contributed by atoms with Crippen LogP contribution in [-0.2, 0) is 15.0 Å². The Bertz CT molecular complexity index is 1330. The Kier molecular flexibility index (Phi) is 5.26. The molecule has 3 amide bonds. The van der Waals surface area contributed by atoms with Crippen LogP contribution in [0.1, 0.15) is 22.3 Å². The minimum Gasteiger partial charge on any atom is -0.358 e. The van der Waals surface area contributed by atoms with E-state index in [2.05, 4.69) is 10.3 Å². The first kappa shape index (κ1) is 21.7. The number of pyridine rings is 1. The molecule has 0 saturated carbocycles. The average Bonchev–Trinajstić information content (AvgIpc) is 3.12. The van der Waals surface area contributed by atoms with E-state index in [1.54, 1.807) is 41.6 Å². The zero-order chi connectivity index (χ0) is 23.3. The summed E-state index contributed by atoms with van der Waals surface area (Å²) in [6.45, 7) is 0.420. The largest absolute Gasteiger partial charge is 0.358 e. The Balaban J connectivity index is 1.62. The Labute approximate surface area is 200 Å². The number of benzene rings is 2. The van der Waals surface area contributed by atoms with Crippen molar-refractivity contribution >= 4 is 57.4 Å². The number of nitrogens with one attached hydrogen (secondary N) is 1. The van der Waals surface area contributed by atoms with Gasteiger partial charge in [-0.25, -0.2) is 0 Å². The number of carbonyl (C=O) groups excluding carboxylic acids is 3. The molecule has 9 heteroatoms. The highest BCUT2D eigenvalue weighted by atomic mass is 35.5. The fraction of sp³-hybridized carbons (Fsp3) is 0.250. The van der Waals surface area contributed by atoms with Crippen molar-refractivity contribution in [2.45, 2.75) is 11.8 Å². The van der Waals surface area contributed by atoms with Crippen molar-refractivity contribution in [3.8, 4) is 0 Å². The highest BCUT2D eigenvalue weighted by Gasteiger charge is 2.54. The SMILES string of the molecule is CNC(=O)CN1CC2(CCN(c3cncc4cc(Cl)ccc34)C2=O)c2cc(Cl)ccc2C1=O. The van der Waals surface area contributed by atoms with Crippen molar-refractivity contribution in [3.05, 3.63) is 70.0 Å². The number of likely N-dealkylation sites (N-methyl/N-ethyl adjacent to an activating group) is 1. The molecule has 3 aromatic rings. The Morgan fingerprint density at radius 2 is 1.88 bits per heavy atom. The van der Waals surface area contributed by atoms with Crippen LogP contribution in [0.5, 0.6) is 0 Å². The first-order valence-corrected chi connectivity index (χ1v) is 11.2. The number of amides is 3. The number of halogens is 2.